The maximum atomic E-state index is 11.8. The van der Waals surface area contributed by atoms with Gasteiger partial charge in [-0.25, -0.2) is 0 Å². The van der Waals surface area contributed by atoms with Gasteiger partial charge in [0.25, 0.3) is 0 Å². The molecular formula is C10H14F2N2O. The van der Waals surface area contributed by atoms with Crippen molar-refractivity contribution < 1.29 is 13.5 Å². The third-order valence-corrected chi connectivity index (χ3v) is 1.76. The van der Waals surface area contributed by atoms with Crippen LogP contribution in [-0.4, -0.2) is 18.1 Å². The van der Waals surface area contributed by atoms with Crippen molar-refractivity contribution in [2.45, 2.75) is 26.5 Å². The summed E-state index contributed by atoms with van der Waals surface area (Å²) in [5.41, 5.74) is 0.810. The molecule has 0 amide bonds. The number of nitrogens with one attached hydrogen (secondary N) is 1. The van der Waals surface area contributed by atoms with Gasteiger partial charge in [0, 0.05) is 6.54 Å². The fourth-order valence-electron chi connectivity index (χ4n) is 1.08. The molecule has 84 valence electrons. The van der Waals surface area contributed by atoms with Gasteiger partial charge in [0.05, 0.1) is 11.9 Å². The highest BCUT2D eigenvalue weighted by molar-refractivity contribution is 5.19. The van der Waals surface area contributed by atoms with Crippen LogP contribution < -0.4 is 10.1 Å². The van der Waals surface area contributed by atoms with Gasteiger partial charge in [0.2, 0.25) is 0 Å². The molecular weight excluding hydrogens is 202 g/mol. The molecule has 0 bridgehead atoms. The van der Waals surface area contributed by atoms with E-state index in [1.807, 2.05) is 0 Å². The summed E-state index contributed by atoms with van der Waals surface area (Å²) >= 11 is 0. The standard InChI is InChI=1S/C10H14F2N2O/c1-2-5-13-6-8-3-4-9(7-14-8)15-10(11)12/h3-4,7,10,13H,2,5-6H2,1H3. The van der Waals surface area contributed by atoms with Crippen LogP contribution in [0.3, 0.4) is 0 Å². The molecule has 1 N–H and O–H groups in total. The smallest absolute Gasteiger partial charge is 0.387 e. The van der Waals surface area contributed by atoms with Crippen molar-refractivity contribution in [1.82, 2.24) is 10.3 Å². The van der Waals surface area contributed by atoms with E-state index in [1.165, 1.54) is 12.3 Å². The second-order valence-electron chi connectivity index (χ2n) is 3.04. The molecule has 1 aromatic heterocycles. The minimum atomic E-state index is -2.80. The third-order valence-electron chi connectivity index (χ3n) is 1.76. The first kappa shape index (κ1) is 11.8. The molecule has 0 unspecified atom stereocenters. The zero-order valence-electron chi connectivity index (χ0n) is 8.54. The topological polar surface area (TPSA) is 34.1 Å². The number of hydrogen-bond donors (Lipinski definition) is 1. The molecule has 1 heterocycles. The Morgan fingerprint density at radius 3 is 2.80 bits per heavy atom. The first-order valence-electron chi connectivity index (χ1n) is 4.83. The Bertz CT molecular complexity index is 277. The van der Waals surface area contributed by atoms with Gasteiger partial charge in [0.15, 0.2) is 0 Å². The summed E-state index contributed by atoms with van der Waals surface area (Å²) in [5.74, 6) is 0.0873. The van der Waals surface area contributed by atoms with Crippen LogP contribution in [0.25, 0.3) is 0 Å². The van der Waals surface area contributed by atoms with Gasteiger partial charge in [-0.2, -0.15) is 8.78 Å². The largest absolute Gasteiger partial charge is 0.433 e. The number of hydrogen-bond acceptors (Lipinski definition) is 3. The summed E-state index contributed by atoms with van der Waals surface area (Å²) in [6.07, 6.45) is 2.35. The highest BCUT2D eigenvalue weighted by atomic mass is 19.3. The van der Waals surface area contributed by atoms with Gasteiger partial charge < -0.3 is 10.1 Å². The number of halogens is 2. The first-order valence-corrected chi connectivity index (χ1v) is 4.83. The van der Waals surface area contributed by atoms with E-state index in [0.29, 0.717) is 6.54 Å². The lowest BCUT2D eigenvalue weighted by Crippen LogP contribution is -2.14. The van der Waals surface area contributed by atoms with Crippen LogP contribution in [0.5, 0.6) is 5.75 Å². The zero-order chi connectivity index (χ0) is 11.1. The Hall–Kier alpha value is -1.23. The maximum absolute atomic E-state index is 11.8. The molecule has 0 aliphatic heterocycles. The summed E-state index contributed by atoms with van der Waals surface area (Å²) in [6, 6.07) is 3.16. The maximum Gasteiger partial charge on any atom is 0.387 e. The van der Waals surface area contributed by atoms with E-state index in [-0.39, 0.29) is 5.75 Å². The fraction of sp³-hybridized carbons (Fsp3) is 0.500. The number of aromatic nitrogens is 1. The summed E-state index contributed by atoms with van der Waals surface area (Å²) in [6.45, 7) is 0.829. The Kier molecular flexibility index (Phi) is 4.97. The molecule has 15 heavy (non-hydrogen) atoms. The van der Waals surface area contributed by atoms with Crippen LogP contribution in [0.15, 0.2) is 18.3 Å². The predicted octanol–water partition coefficient (Wildman–Crippen LogP) is 2.18. The normalized spacial score (nSPS) is 10.7. The molecule has 1 rings (SSSR count). The quantitative estimate of drug-likeness (QED) is 0.740. The molecule has 5 heteroatoms. The van der Waals surface area contributed by atoms with Crippen molar-refractivity contribution in [3.8, 4) is 5.75 Å². The highest BCUT2D eigenvalue weighted by Gasteiger charge is 2.03. The van der Waals surface area contributed by atoms with Crippen molar-refractivity contribution in [2.75, 3.05) is 6.54 Å². The number of nitrogens with zero attached hydrogens (tertiary/aromatic N) is 1. The zero-order valence-corrected chi connectivity index (χ0v) is 8.54. The Morgan fingerprint density at radius 1 is 1.47 bits per heavy atom. The number of pyridine rings is 1. The van der Waals surface area contributed by atoms with Crippen LogP contribution in [0.2, 0.25) is 0 Å². The Morgan fingerprint density at radius 2 is 2.27 bits per heavy atom. The number of ether oxygens (including phenoxy) is 1. The van der Waals surface area contributed by atoms with Gasteiger partial charge in [0.1, 0.15) is 5.75 Å². The van der Waals surface area contributed by atoms with Gasteiger partial charge in [-0.3, -0.25) is 4.98 Å². The Labute approximate surface area is 87.5 Å². The average Bonchev–Trinajstić information content (AvgIpc) is 2.20. The van der Waals surface area contributed by atoms with E-state index >= 15 is 0 Å². The second kappa shape index (κ2) is 6.29. The van der Waals surface area contributed by atoms with Gasteiger partial charge >= 0.3 is 6.61 Å². The third kappa shape index (κ3) is 4.69. The van der Waals surface area contributed by atoms with Crippen LogP contribution in [0.4, 0.5) is 8.78 Å². The lowest BCUT2D eigenvalue weighted by Gasteiger charge is -2.05. The molecule has 0 atom stereocenters. The molecule has 0 aliphatic carbocycles. The van der Waals surface area contributed by atoms with E-state index < -0.39 is 6.61 Å². The van der Waals surface area contributed by atoms with Crippen molar-refractivity contribution in [3.05, 3.63) is 24.0 Å². The molecule has 0 aromatic carbocycles. The molecule has 0 saturated heterocycles. The van der Waals surface area contributed by atoms with Crippen molar-refractivity contribution in [3.63, 3.8) is 0 Å². The summed E-state index contributed by atoms with van der Waals surface area (Å²) < 4.78 is 27.8. The molecule has 0 radical (unpaired) electrons. The number of rotatable bonds is 6. The van der Waals surface area contributed by atoms with Crippen molar-refractivity contribution in [1.29, 1.82) is 0 Å². The number of alkyl halides is 2. The van der Waals surface area contributed by atoms with Crippen LogP contribution >= 0.6 is 0 Å². The van der Waals surface area contributed by atoms with Gasteiger partial charge in [-0.15, -0.1) is 0 Å². The average molecular weight is 216 g/mol. The van der Waals surface area contributed by atoms with E-state index in [9.17, 15) is 8.78 Å². The molecule has 0 fully saturated rings. The fourth-order valence-corrected chi connectivity index (χ4v) is 1.08. The second-order valence-corrected chi connectivity index (χ2v) is 3.04. The van der Waals surface area contributed by atoms with E-state index in [2.05, 4.69) is 22.0 Å². The summed E-state index contributed by atoms with van der Waals surface area (Å²) in [4.78, 5) is 3.98. The summed E-state index contributed by atoms with van der Waals surface area (Å²) in [5, 5.41) is 3.16. The molecule has 3 nitrogen and oxygen atoms in total. The van der Waals surface area contributed by atoms with Crippen LogP contribution in [-0.2, 0) is 6.54 Å². The predicted molar refractivity (Wildman–Crippen MR) is 52.9 cm³/mol. The van der Waals surface area contributed by atoms with Gasteiger partial charge in [-0.1, -0.05) is 6.92 Å². The Balaban J connectivity index is 2.42. The van der Waals surface area contributed by atoms with E-state index in [4.69, 9.17) is 0 Å². The monoisotopic (exact) mass is 216 g/mol. The minimum absolute atomic E-state index is 0.0873. The first-order chi connectivity index (χ1) is 7.22. The molecule has 0 saturated carbocycles. The SMILES string of the molecule is CCCNCc1ccc(OC(F)F)cn1. The lowest BCUT2D eigenvalue weighted by atomic mass is 10.3. The lowest BCUT2D eigenvalue weighted by molar-refractivity contribution is -0.0500. The van der Waals surface area contributed by atoms with Crippen molar-refractivity contribution >= 4 is 0 Å². The van der Waals surface area contributed by atoms with Gasteiger partial charge in [-0.05, 0) is 25.1 Å². The minimum Gasteiger partial charge on any atom is -0.433 e. The van der Waals surface area contributed by atoms with E-state index in [1.54, 1.807) is 6.07 Å². The van der Waals surface area contributed by atoms with Crippen molar-refractivity contribution in [2.24, 2.45) is 0 Å². The molecule has 0 aliphatic rings. The van der Waals surface area contributed by atoms with Crippen LogP contribution in [0, 0.1) is 0 Å². The molecule has 1 aromatic rings. The summed E-state index contributed by atoms with van der Waals surface area (Å²) in [7, 11) is 0. The van der Waals surface area contributed by atoms with E-state index in [0.717, 1.165) is 18.7 Å². The molecule has 0 spiro atoms. The highest BCUT2D eigenvalue weighted by Crippen LogP contribution is 2.12. The van der Waals surface area contributed by atoms with Crippen LogP contribution in [0.1, 0.15) is 19.0 Å².